The van der Waals surface area contributed by atoms with E-state index in [0.29, 0.717) is 5.56 Å². The molecule has 1 fully saturated rings. The number of amides is 1. The molecule has 1 aliphatic heterocycles. The molecule has 1 saturated heterocycles. The lowest BCUT2D eigenvalue weighted by molar-refractivity contribution is -0.146. The van der Waals surface area contributed by atoms with Crippen molar-refractivity contribution in [2.45, 2.75) is 12.6 Å². The molecule has 1 aliphatic rings. The lowest BCUT2D eigenvalue weighted by atomic mass is 10.1. The summed E-state index contributed by atoms with van der Waals surface area (Å²) in [5.74, 6) is -1.18. The van der Waals surface area contributed by atoms with Crippen LogP contribution in [0.4, 0.5) is 0 Å². The Morgan fingerprint density at radius 2 is 2.26 bits per heavy atom. The molecule has 0 bridgehead atoms. The Morgan fingerprint density at radius 1 is 1.53 bits per heavy atom. The van der Waals surface area contributed by atoms with Crippen molar-refractivity contribution in [2.24, 2.45) is 0 Å². The van der Waals surface area contributed by atoms with Crippen molar-refractivity contribution >= 4 is 11.9 Å². The predicted molar refractivity (Wildman–Crippen MR) is 66.0 cm³/mol. The largest absolute Gasteiger partial charge is 0.480 e. The fourth-order valence-electron chi connectivity index (χ4n) is 2.09. The third-order valence-electron chi connectivity index (χ3n) is 3.08. The van der Waals surface area contributed by atoms with Gasteiger partial charge in [0.2, 0.25) is 5.91 Å². The second kappa shape index (κ2) is 5.50. The minimum atomic E-state index is -0.977. The highest BCUT2D eigenvalue weighted by atomic mass is 16.4. The van der Waals surface area contributed by atoms with Crippen LogP contribution in [0.1, 0.15) is 11.1 Å². The van der Waals surface area contributed by atoms with Crippen molar-refractivity contribution in [1.29, 1.82) is 5.26 Å². The van der Waals surface area contributed by atoms with Gasteiger partial charge in [-0.05, 0) is 11.6 Å². The number of nitrogens with one attached hydrogen (secondary N) is 1. The normalized spacial score (nSPS) is 19.5. The first-order valence-electron chi connectivity index (χ1n) is 5.83. The first kappa shape index (κ1) is 13.1. The van der Waals surface area contributed by atoms with E-state index in [4.69, 9.17) is 10.4 Å². The van der Waals surface area contributed by atoms with Gasteiger partial charge in [-0.25, -0.2) is 0 Å². The van der Waals surface area contributed by atoms with E-state index in [1.807, 2.05) is 0 Å². The zero-order valence-electron chi connectivity index (χ0n) is 10.2. The summed E-state index contributed by atoms with van der Waals surface area (Å²) in [5.41, 5.74) is 1.23. The Morgan fingerprint density at radius 3 is 2.95 bits per heavy atom. The second-order valence-corrected chi connectivity index (χ2v) is 4.33. The molecule has 0 radical (unpaired) electrons. The molecule has 0 saturated carbocycles. The SMILES string of the molecule is N#Cc1ccccc1CN1CC(=O)NCC1C(=O)O. The van der Waals surface area contributed by atoms with Gasteiger partial charge in [0, 0.05) is 13.1 Å². The van der Waals surface area contributed by atoms with E-state index in [1.54, 1.807) is 29.2 Å². The molecule has 98 valence electrons. The van der Waals surface area contributed by atoms with E-state index in [2.05, 4.69) is 11.4 Å². The maximum atomic E-state index is 11.4. The molecule has 6 heteroatoms. The average molecular weight is 259 g/mol. The van der Waals surface area contributed by atoms with E-state index < -0.39 is 12.0 Å². The number of nitriles is 1. The van der Waals surface area contributed by atoms with Crippen LogP contribution in [0.5, 0.6) is 0 Å². The maximum absolute atomic E-state index is 11.4. The Bertz CT molecular complexity index is 550. The van der Waals surface area contributed by atoms with Gasteiger partial charge in [0.05, 0.1) is 18.2 Å². The number of rotatable bonds is 3. The molecule has 1 aromatic carbocycles. The van der Waals surface area contributed by atoms with Crippen molar-refractivity contribution in [3.05, 3.63) is 35.4 Å². The van der Waals surface area contributed by atoms with E-state index in [9.17, 15) is 9.59 Å². The van der Waals surface area contributed by atoms with Crippen LogP contribution < -0.4 is 5.32 Å². The molecule has 2 rings (SSSR count). The van der Waals surface area contributed by atoms with Gasteiger partial charge in [-0.2, -0.15) is 5.26 Å². The van der Waals surface area contributed by atoms with E-state index in [0.717, 1.165) is 5.56 Å². The lowest BCUT2D eigenvalue weighted by Crippen LogP contribution is -2.57. The van der Waals surface area contributed by atoms with Crippen molar-refractivity contribution in [3.8, 4) is 6.07 Å². The summed E-state index contributed by atoms with van der Waals surface area (Å²) >= 11 is 0. The standard InChI is InChI=1S/C13H13N3O3/c14-5-9-3-1-2-4-10(9)7-16-8-12(17)15-6-11(16)13(18)19/h1-4,11H,6-8H2,(H,15,17)(H,18,19). The first-order valence-corrected chi connectivity index (χ1v) is 5.83. The van der Waals surface area contributed by atoms with Crippen LogP contribution in [0.3, 0.4) is 0 Å². The molecular formula is C13H13N3O3. The summed E-state index contributed by atoms with van der Waals surface area (Å²) in [5, 5.41) is 20.7. The van der Waals surface area contributed by atoms with E-state index in [1.165, 1.54) is 0 Å². The number of aliphatic carboxylic acids is 1. The molecule has 0 aliphatic carbocycles. The Kier molecular flexibility index (Phi) is 3.78. The van der Waals surface area contributed by atoms with Crippen LogP contribution in [0.2, 0.25) is 0 Å². The summed E-state index contributed by atoms with van der Waals surface area (Å²) in [7, 11) is 0. The third-order valence-corrected chi connectivity index (χ3v) is 3.08. The van der Waals surface area contributed by atoms with Gasteiger partial charge in [-0.1, -0.05) is 18.2 Å². The molecule has 1 amide bonds. The second-order valence-electron chi connectivity index (χ2n) is 4.33. The number of nitrogens with zero attached hydrogens (tertiary/aromatic N) is 2. The number of carboxylic acid groups (broad SMARTS) is 1. The van der Waals surface area contributed by atoms with Crippen molar-refractivity contribution < 1.29 is 14.7 Å². The summed E-state index contributed by atoms with van der Waals surface area (Å²) in [6.45, 7) is 0.383. The summed E-state index contributed by atoms with van der Waals surface area (Å²) in [4.78, 5) is 24.1. The fraction of sp³-hybridized carbons (Fsp3) is 0.308. The molecule has 1 atom stereocenters. The highest BCUT2D eigenvalue weighted by molar-refractivity contribution is 5.83. The van der Waals surface area contributed by atoms with Crippen molar-refractivity contribution in [3.63, 3.8) is 0 Å². The molecule has 2 N–H and O–H groups in total. The molecule has 0 aromatic heterocycles. The highest BCUT2D eigenvalue weighted by Crippen LogP contribution is 2.14. The fourth-order valence-corrected chi connectivity index (χ4v) is 2.09. The van der Waals surface area contributed by atoms with Crippen LogP contribution in [-0.4, -0.2) is 41.0 Å². The average Bonchev–Trinajstić information content (AvgIpc) is 2.39. The zero-order chi connectivity index (χ0) is 13.8. The van der Waals surface area contributed by atoms with Crippen LogP contribution in [0, 0.1) is 11.3 Å². The van der Waals surface area contributed by atoms with Crippen LogP contribution >= 0.6 is 0 Å². The number of carbonyl (C=O) groups is 2. The molecule has 6 nitrogen and oxygen atoms in total. The number of hydrogen-bond donors (Lipinski definition) is 2. The molecular weight excluding hydrogens is 246 g/mol. The van der Waals surface area contributed by atoms with Gasteiger partial charge >= 0.3 is 5.97 Å². The smallest absolute Gasteiger partial charge is 0.322 e. The quantitative estimate of drug-likeness (QED) is 0.793. The van der Waals surface area contributed by atoms with Crippen molar-refractivity contribution in [1.82, 2.24) is 10.2 Å². The monoisotopic (exact) mass is 259 g/mol. The van der Waals surface area contributed by atoms with E-state index >= 15 is 0 Å². The Labute approximate surface area is 110 Å². The number of carbonyl (C=O) groups excluding carboxylic acids is 1. The van der Waals surface area contributed by atoms with Gasteiger partial charge in [-0.15, -0.1) is 0 Å². The summed E-state index contributed by atoms with van der Waals surface area (Å²) < 4.78 is 0. The molecule has 1 unspecified atom stereocenters. The van der Waals surface area contributed by atoms with Gasteiger partial charge < -0.3 is 10.4 Å². The van der Waals surface area contributed by atoms with Gasteiger partial charge in [0.1, 0.15) is 6.04 Å². The number of benzene rings is 1. The maximum Gasteiger partial charge on any atom is 0.322 e. The zero-order valence-corrected chi connectivity index (χ0v) is 10.2. The van der Waals surface area contributed by atoms with E-state index in [-0.39, 0.29) is 25.5 Å². The topological polar surface area (TPSA) is 93.4 Å². The number of carboxylic acids is 1. The minimum Gasteiger partial charge on any atom is -0.480 e. The van der Waals surface area contributed by atoms with Crippen LogP contribution in [0.25, 0.3) is 0 Å². The highest BCUT2D eigenvalue weighted by Gasteiger charge is 2.31. The molecule has 0 spiro atoms. The Balaban J connectivity index is 2.21. The summed E-state index contributed by atoms with van der Waals surface area (Å²) in [6, 6.07) is 8.29. The Hall–Kier alpha value is -2.39. The van der Waals surface area contributed by atoms with Gasteiger partial charge in [-0.3, -0.25) is 14.5 Å². The van der Waals surface area contributed by atoms with Gasteiger partial charge in [0.15, 0.2) is 0 Å². The summed E-state index contributed by atoms with van der Waals surface area (Å²) in [6.07, 6.45) is 0. The van der Waals surface area contributed by atoms with Crippen LogP contribution in [0.15, 0.2) is 24.3 Å². The predicted octanol–water partition coefficient (Wildman–Crippen LogP) is -0.0567. The number of hydrogen-bond acceptors (Lipinski definition) is 4. The minimum absolute atomic E-state index is 0.0245. The number of piperazine rings is 1. The third kappa shape index (κ3) is 2.89. The molecule has 1 heterocycles. The molecule has 19 heavy (non-hydrogen) atoms. The van der Waals surface area contributed by atoms with Crippen LogP contribution in [-0.2, 0) is 16.1 Å². The lowest BCUT2D eigenvalue weighted by Gasteiger charge is -2.32. The first-order chi connectivity index (χ1) is 9.11. The van der Waals surface area contributed by atoms with Gasteiger partial charge in [0.25, 0.3) is 0 Å². The molecule has 1 aromatic rings. The van der Waals surface area contributed by atoms with Crippen molar-refractivity contribution in [2.75, 3.05) is 13.1 Å².